The van der Waals surface area contributed by atoms with E-state index < -0.39 is 5.97 Å². The molecule has 2 N–H and O–H groups in total. The van der Waals surface area contributed by atoms with Gasteiger partial charge in [0, 0.05) is 5.69 Å². The van der Waals surface area contributed by atoms with E-state index in [4.69, 9.17) is 15.2 Å². The van der Waals surface area contributed by atoms with Crippen LogP contribution in [0.2, 0.25) is 0 Å². The summed E-state index contributed by atoms with van der Waals surface area (Å²) in [6, 6.07) is 4.96. The quantitative estimate of drug-likeness (QED) is 0.646. The summed E-state index contributed by atoms with van der Waals surface area (Å²) in [5.74, 6) is 0.0529. The van der Waals surface area contributed by atoms with Crippen molar-refractivity contribution in [1.29, 1.82) is 0 Å². The normalized spacial score (nSPS) is 11.1. The van der Waals surface area contributed by atoms with Crippen LogP contribution in [0.4, 0.5) is 5.69 Å². The molecule has 1 aromatic carbocycles. The number of nitrogens with two attached hydrogens (primary N) is 1. The standard InChI is InChI=1S/C13H19NO3/c1-5-13(2,3)17-11-7-6-9(14)8-10(11)12(15)16-4/h6-8H,5,14H2,1-4H3. The van der Waals surface area contributed by atoms with Gasteiger partial charge in [-0.15, -0.1) is 0 Å². The topological polar surface area (TPSA) is 61.5 Å². The maximum atomic E-state index is 11.6. The number of nitrogen functional groups attached to an aromatic ring is 1. The highest BCUT2D eigenvalue weighted by molar-refractivity contribution is 5.93. The highest BCUT2D eigenvalue weighted by Crippen LogP contribution is 2.27. The van der Waals surface area contributed by atoms with Crippen molar-refractivity contribution in [2.24, 2.45) is 0 Å². The maximum Gasteiger partial charge on any atom is 0.341 e. The molecule has 1 aromatic rings. The van der Waals surface area contributed by atoms with Crippen molar-refractivity contribution < 1.29 is 14.3 Å². The van der Waals surface area contributed by atoms with Gasteiger partial charge in [0.1, 0.15) is 16.9 Å². The van der Waals surface area contributed by atoms with E-state index in [2.05, 4.69) is 0 Å². The molecule has 0 saturated carbocycles. The van der Waals surface area contributed by atoms with Crippen molar-refractivity contribution >= 4 is 11.7 Å². The Balaban J connectivity index is 3.11. The van der Waals surface area contributed by atoms with E-state index in [1.54, 1.807) is 18.2 Å². The van der Waals surface area contributed by atoms with Crippen molar-refractivity contribution in [1.82, 2.24) is 0 Å². The molecule has 0 aromatic heterocycles. The van der Waals surface area contributed by atoms with Gasteiger partial charge in [0.25, 0.3) is 0 Å². The number of rotatable bonds is 4. The monoisotopic (exact) mass is 237 g/mol. The van der Waals surface area contributed by atoms with E-state index in [9.17, 15) is 4.79 Å². The highest BCUT2D eigenvalue weighted by Gasteiger charge is 2.21. The summed E-state index contributed by atoms with van der Waals surface area (Å²) in [5.41, 5.74) is 6.18. The number of ether oxygens (including phenoxy) is 2. The molecule has 0 radical (unpaired) electrons. The molecule has 0 aliphatic heterocycles. The Kier molecular flexibility index (Phi) is 3.99. The Morgan fingerprint density at radius 1 is 1.41 bits per heavy atom. The molecule has 0 bridgehead atoms. The summed E-state index contributed by atoms with van der Waals surface area (Å²) >= 11 is 0. The van der Waals surface area contributed by atoms with Crippen LogP contribution in [-0.2, 0) is 4.74 Å². The van der Waals surface area contributed by atoms with Crippen LogP contribution in [0, 0.1) is 0 Å². The number of anilines is 1. The largest absolute Gasteiger partial charge is 0.487 e. The average Bonchev–Trinajstić information content (AvgIpc) is 2.30. The molecule has 1 rings (SSSR count). The van der Waals surface area contributed by atoms with Gasteiger partial charge in [-0.25, -0.2) is 4.79 Å². The third-order valence-corrected chi connectivity index (χ3v) is 2.65. The van der Waals surface area contributed by atoms with E-state index in [-0.39, 0.29) is 5.60 Å². The van der Waals surface area contributed by atoms with Gasteiger partial charge < -0.3 is 15.2 Å². The number of carbonyl (C=O) groups excluding carboxylic acids is 1. The second-order valence-corrected chi connectivity index (χ2v) is 4.46. The predicted octanol–water partition coefficient (Wildman–Crippen LogP) is 2.62. The van der Waals surface area contributed by atoms with Gasteiger partial charge in [0.2, 0.25) is 0 Å². The smallest absolute Gasteiger partial charge is 0.341 e. The van der Waals surface area contributed by atoms with Crippen LogP contribution in [0.1, 0.15) is 37.6 Å². The fraction of sp³-hybridized carbons (Fsp3) is 0.462. The second-order valence-electron chi connectivity index (χ2n) is 4.46. The lowest BCUT2D eigenvalue weighted by molar-refractivity contribution is 0.0579. The SMILES string of the molecule is CCC(C)(C)Oc1ccc(N)cc1C(=O)OC. The molecule has 0 amide bonds. The molecular formula is C13H19NO3. The van der Waals surface area contributed by atoms with Gasteiger partial charge in [-0.3, -0.25) is 0 Å². The number of hydrogen-bond acceptors (Lipinski definition) is 4. The van der Waals surface area contributed by atoms with Crippen LogP contribution in [0.3, 0.4) is 0 Å². The molecule has 94 valence electrons. The first-order valence-corrected chi connectivity index (χ1v) is 5.56. The fourth-order valence-corrected chi connectivity index (χ4v) is 1.28. The summed E-state index contributed by atoms with van der Waals surface area (Å²) in [6.45, 7) is 5.95. The molecule has 4 nitrogen and oxygen atoms in total. The molecule has 0 aliphatic carbocycles. The lowest BCUT2D eigenvalue weighted by Crippen LogP contribution is -2.27. The van der Waals surface area contributed by atoms with Gasteiger partial charge in [-0.1, -0.05) is 6.92 Å². The van der Waals surface area contributed by atoms with E-state index in [1.807, 2.05) is 20.8 Å². The zero-order valence-electron chi connectivity index (χ0n) is 10.7. The number of hydrogen-bond donors (Lipinski definition) is 1. The number of esters is 1. The van der Waals surface area contributed by atoms with Crippen LogP contribution in [0.15, 0.2) is 18.2 Å². The van der Waals surface area contributed by atoms with Crippen LogP contribution in [0.5, 0.6) is 5.75 Å². The van der Waals surface area contributed by atoms with Crippen LogP contribution in [0.25, 0.3) is 0 Å². The molecule has 0 aliphatic rings. The molecule has 17 heavy (non-hydrogen) atoms. The first kappa shape index (κ1) is 13.4. The molecular weight excluding hydrogens is 218 g/mol. The Hall–Kier alpha value is -1.71. The summed E-state index contributed by atoms with van der Waals surface area (Å²) in [7, 11) is 1.33. The van der Waals surface area contributed by atoms with Gasteiger partial charge in [-0.2, -0.15) is 0 Å². The van der Waals surface area contributed by atoms with E-state index in [0.717, 1.165) is 6.42 Å². The number of carbonyl (C=O) groups is 1. The minimum absolute atomic E-state index is 0.334. The van der Waals surface area contributed by atoms with Gasteiger partial charge >= 0.3 is 5.97 Å². The first-order valence-electron chi connectivity index (χ1n) is 5.56. The van der Waals surface area contributed by atoms with Crippen molar-refractivity contribution in [3.63, 3.8) is 0 Å². The Labute approximate surface area is 102 Å². The highest BCUT2D eigenvalue weighted by atomic mass is 16.5. The molecule has 0 fully saturated rings. The third kappa shape index (κ3) is 3.37. The van der Waals surface area contributed by atoms with Crippen LogP contribution >= 0.6 is 0 Å². The Morgan fingerprint density at radius 2 is 2.06 bits per heavy atom. The second kappa shape index (κ2) is 5.08. The van der Waals surface area contributed by atoms with Gasteiger partial charge in [0.15, 0.2) is 0 Å². The zero-order chi connectivity index (χ0) is 13.1. The number of methoxy groups -OCH3 is 1. The summed E-state index contributed by atoms with van der Waals surface area (Å²) in [6.07, 6.45) is 0.831. The van der Waals surface area contributed by atoms with Crippen molar-refractivity contribution in [3.8, 4) is 5.75 Å². The first-order chi connectivity index (χ1) is 7.89. The van der Waals surface area contributed by atoms with Crippen molar-refractivity contribution in [2.45, 2.75) is 32.8 Å². The molecule has 0 saturated heterocycles. The maximum absolute atomic E-state index is 11.6. The predicted molar refractivity (Wildman–Crippen MR) is 67.2 cm³/mol. The Bertz CT molecular complexity index is 413. The van der Waals surface area contributed by atoms with E-state index in [0.29, 0.717) is 17.0 Å². The zero-order valence-corrected chi connectivity index (χ0v) is 10.7. The minimum atomic E-state index is -0.445. The molecule has 4 heteroatoms. The summed E-state index contributed by atoms with van der Waals surface area (Å²) < 4.78 is 10.5. The molecule has 0 heterocycles. The minimum Gasteiger partial charge on any atom is -0.487 e. The average molecular weight is 237 g/mol. The van der Waals surface area contributed by atoms with E-state index in [1.165, 1.54) is 7.11 Å². The lowest BCUT2D eigenvalue weighted by Gasteiger charge is -2.26. The lowest BCUT2D eigenvalue weighted by atomic mass is 10.1. The van der Waals surface area contributed by atoms with Crippen LogP contribution < -0.4 is 10.5 Å². The molecule has 0 spiro atoms. The van der Waals surface area contributed by atoms with Crippen LogP contribution in [-0.4, -0.2) is 18.7 Å². The Morgan fingerprint density at radius 3 is 2.59 bits per heavy atom. The fourth-order valence-electron chi connectivity index (χ4n) is 1.28. The van der Waals surface area contributed by atoms with Crippen molar-refractivity contribution in [2.75, 3.05) is 12.8 Å². The summed E-state index contributed by atoms with van der Waals surface area (Å²) in [5, 5.41) is 0. The van der Waals surface area contributed by atoms with E-state index >= 15 is 0 Å². The molecule has 0 atom stereocenters. The van der Waals surface area contributed by atoms with Gasteiger partial charge in [-0.05, 0) is 38.5 Å². The molecule has 0 unspecified atom stereocenters. The number of benzene rings is 1. The van der Waals surface area contributed by atoms with Crippen molar-refractivity contribution in [3.05, 3.63) is 23.8 Å². The summed E-state index contributed by atoms with van der Waals surface area (Å²) in [4.78, 5) is 11.6. The third-order valence-electron chi connectivity index (χ3n) is 2.65. The van der Waals surface area contributed by atoms with Gasteiger partial charge in [0.05, 0.1) is 7.11 Å².